The Morgan fingerprint density at radius 3 is 2.50 bits per heavy atom. The van der Waals surface area contributed by atoms with Crippen LogP contribution < -0.4 is 4.90 Å². The second-order valence-corrected chi connectivity index (χ2v) is 5.99. The van der Waals surface area contributed by atoms with E-state index in [2.05, 4.69) is 0 Å². The van der Waals surface area contributed by atoms with Gasteiger partial charge in [-0.3, -0.25) is 9.59 Å². The molecule has 0 unspecified atom stereocenters. The zero-order valence-corrected chi connectivity index (χ0v) is 13.9. The summed E-state index contributed by atoms with van der Waals surface area (Å²) in [5.74, 6) is -0.863. The van der Waals surface area contributed by atoms with Gasteiger partial charge in [-0.2, -0.15) is 0 Å². The third-order valence-electron chi connectivity index (χ3n) is 4.42. The zero-order valence-electron chi connectivity index (χ0n) is 13.9. The van der Waals surface area contributed by atoms with Gasteiger partial charge in [0.25, 0.3) is 0 Å². The maximum atomic E-state index is 12.8. The number of para-hydroxylation sites is 1. The number of nitrogens with zero attached hydrogens (tertiary/aromatic N) is 2. The van der Waals surface area contributed by atoms with E-state index >= 15 is 0 Å². The summed E-state index contributed by atoms with van der Waals surface area (Å²) in [7, 11) is 0. The molecule has 0 spiro atoms. The van der Waals surface area contributed by atoms with Crippen LogP contribution in [0.15, 0.2) is 54.6 Å². The molecule has 0 radical (unpaired) electrons. The Kier molecular flexibility index (Phi) is 4.94. The molecule has 2 aromatic carbocycles. The van der Waals surface area contributed by atoms with Gasteiger partial charge < -0.3 is 9.80 Å². The molecule has 2 aromatic rings. The number of carbonyl (C=O) groups excluding carboxylic acids is 2. The molecule has 4 nitrogen and oxygen atoms in total. The first-order chi connectivity index (χ1) is 11.7. The standard InChI is InChI=1S/C20H22N2O2/c1-2-21(15-16-9-4-3-5-10-16)19(23)20(24)22-14-8-12-17-11-6-7-13-18(17)22/h3-7,9-11,13H,2,8,12,14-15H2,1H3. The normalized spacial score (nSPS) is 13.3. The van der Waals surface area contributed by atoms with Crippen LogP contribution in [-0.4, -0.2) is 29.8 Å². The number of hydrogen-bond donors (Lipinski definition) is 0. The highest BCUT2D eigenvalue weighted by molar-refractivity contribution is 6.40. The van der Waals surface area contributed by atoms with E-state index in [1.54, 1.807) is 9.80 Å². The Morgan fingerprint density at radius 1 is 1.04 bits per heavy atom. The number of hydrogen-bond acceptors (Lipinski definition) is 2. The fourth-order valence-electron chi connectivity index (χ4n) is 3.13. The molecule has 4 heteroatoms. The molecule has 124 valence electrons. The topological polar surface area (TPSA) is 40.6 Å². The first-order valence-corrected chi connectivity index (χ1v) is 8.43. The van der Waals surface area contributed by atoms with Crippen LogP contribution in [-0.2, 0) is 22.6 Å². The van der Waals surface area contributed by atoms with Gasteiger partial charge in [-0.25, -0.2) is 0 Å². The minimum absolute atomic E-state index is 0.431. The van der Waals surface area contributed by atoms with Crippen LogP contribution >= 0.6 is 0 Å². The van der Waals surface area contributed by atoms with E-state index in [4.69, 9.17) is 0 Å². The lowest BCUT2D eigenvalue weighted by Crippen LogP contribution is -2.46. The van der Waals surface area contributed by atoms with E-state index in [1.807, 2.05) is 61.5 Å². The number of carbonyl (C=O) groups is 2. The highest BCUT2D eigenvalue weighted by Gasteiger charge is 2.30. The van der Waals surface area contributed by atoms with Crippen molar-refractivity contribution in [2.24, 2.45) is 0 Å². The molecule has 0 saturated heterocycles. The SMILES string of the molecule is CCN(Cc1ccccc1)C(=O)C(=O)N1CCCc2ccccc21. The lowest BCUT2D eigenvalue weighted by atomic mass is 10.0. The first kappa shape index (κ1) is 16.2. The maximum absolute atomic E-state index is 12.8. The molecule has 3 rings (SSSR count). The Balaban J connectivity index is 1.78. The number of likely N-dealkylation sites (N-methyl/N-ethyl adjacent to an activating group) is 1. The minimum atomic E-state index is -0.432. The quantitative estimate of drug-likeness (QED) is 0.815. The smallest absolute Gasteiger partial charge is 0.316 e. The third kappa shape index (κ3) is 3.32. The van der Waals surface area contributed by atoms with Crippen LogP contribution in [0.5, 0.6) is 0 Å². The molecule has 1 aliphatic heterocycles. The lowest BCUT2D eigenvalue weighted by Gasteiger charge is -2.31. The fourth-order valence-corrected chi connectivity index (χ4v) is 3.13. The summed E-state index contributed by atoms with van der Waals surface area (Å²) >= 11 is 0. The van der Waals surface area contributed by atoms with Crippen molar-refractivity contribution in [1.82, 2.24) is 4.90 Å². The molecule has 1 heterocycles. The van der Waals surface area contributed by atoms with Crippen molar-refractivity contribution < 1.29 is 9.59 Å². The third-order valence-corrected chi connectivity index (χ3v) is 4.42. The van der Waals surface area contributed by atoms with Gasteiger partial charge >= 0.3 is 11.8 Å². The number of benzene rings is 2. The summed E-state index contributed by atoms with van der Waals surface area (Å²) in [5.41, 5.74) is 3.04. The van der Waals surface area contributed by atoms with Crippen molar-refractivity contribution >= 4 is 17.5 Å². The van der Waals surface area contributed by atoms with E-state index in [-0.39, 0.29) is 0 Å². The van der Waals surface area contributed by atoms with Crippen molar-refractivity contribution in [3.05, 3.63) is 65.7 Å². The number of amides is 2. The number of anilines is 1. The van der Waals surface area contributed by atoms with E-state index in [0.29, 0.717) is 19.6 Å². The summed E-state index contributed by atoms with van der Waals surface area (Å²) in [4.78, 5) is 28.7. The second-order valence-electron chi connectivity index (χ2n) is 5.99. The average molecular weight is 322 g/mol. The van der Waals surface area contributed by atoms with Crippen molar-refractivity contribution in [2.75, 3.05) is 18.0 Å². The van der Waals surface area contributed by atoms with Gasteiger partial charge in [0.2, 0.25) is 0 Å². The summed E-state index contributed by atoms with van der Waals surface area (Å²) in [5, 5.41) is 0. The molecule has 0 bridgehead atoms. The fraction of sp³-hybridized carbons (Fsp3) is 0.300. The first-order valence-electron chi connectivity index (χ1n) is 8.43. The number of aryl methyl sites for hydroxylation is 1. The van der Waals surface area contributed by atoms with E-state index in [9.17, 15) is 9.59 Å². The Morgan fingerprint density at radius 2 is 1.75 bits per heavy atom. The van der Waals surface area contributed by atoms with Crippen molar-refractivity contribution in [3.63, 3.8) is 0 Å². The molecule has 0 fully saturated rings. The highest BCUT2D eigenvalue weighted by atomic mass is 16.2. The van der Waals surface area contributed by atoms with Crippen molar-refractivity contribution in [2.45, 2.75) is 26.3 Å². The Bertz CT molecular complexity index is 727. The predicted octanol–water partition coefficient (Wildman–Crippen LogP) is 3.01. The second kappa shape index (κ2) is 7.30. The Hall–Kier alpha value is -2.62. The van der Waals surface area contributed by atoms with Crippen LogP contribution in [0.1, 0.15) is 24.5 Å². The molecule has 0 N–H and O–H groups in total. The van der Waals surface area contributed by atoms with Crippen LogP contribution in [0, 0.1) is 0 Å². The van der Waals surface area contributed by atoms with Gasteiger partial charge in [0, 0.05) is 25.3 Å². The molecular weight excluding hydrogens is 300 g/mol. The predicted molar refractivity (Wildman–Crippen MR) is 94.6 cm³/mol. The van der Waals surface area contributed by atoms with Crippen LogP contribution in [0.3, 0.4) is 0 Å². The zero-order chi connectivity index (χ0) is 16.9. The molecule has 0 saturated carbocycles. The minimum Gasteiger partial charge on any atom is -0.330 e. The van der Waals surface area contributed by atoms with Crippen LogP contribution in [0.4, 0.5) is 5.69 Å². The summed E-state index contributed by atoms with van der Waals surface area (Å²) < 4.78 is 0. The average Bonchev–Trinajstić information content (AvgIpc) is 2.65. The molecule has 0 atom stereocenters. The van der Waals surface area contributed by atoms with E-state index in [1.165, 1.54) is 0 Å². The molecule has 0 aromatic heterocycles. The molecular formula is C20H22N2O2. The molecule has 1 aliphatic rings. The maximum Gasteiger partial charge on any atom is 0.316 e. The largest absolute Gasteiger partial charge is 0.330 e. The highest BCUT2D eigenvalue weighted by Crippen LogP contribution is 2.27. The van der Waals surface area contributed by atoms with Crippen LogP contribution in [0.2, 0.25) is 0 Å². The van der Waals surface area contributed by atoms with Gasteiger partial charge in [-0.1, -0.05) is 48.5 Å². The van der Waals surface area contributed by atoms with Crippen molar-refractivity contribution in [3.8, 4) is 0 Å². The van der Waals surface area contributed by atoms with Crippen molar-refractivity contribution in [1.29, 1.82) is 0 Å². The molecule has 24 heavy (non-hydrogen) atoms. The van der Waals surface area contributed by atoms with Gasteiger partial charge in [0.05, 0.1) is 0 Å². The molecule has 2 amide bonds. The summed E-state index contributed by atoms with van der Waals surface area (Å²) in [6.07, 6.45) is 1.84. The Labute approximate surface area is 142 Å². The summed E-state index contributed by atoms with van der Waals surface area (Å²) in [6.45, 7) is 3.47. The van der Waals surface area contributed by atoms with Gasteiger partial charge in [0.15, 0.2) is 0 Å². The summed E-state index contributed by atoms with van der Waals surface area (Å²) in [6, 6.07) is 17.6. The molecule has 0 aliphatic carbocycles. The monoisotopic (exact) mass is 322 g/mol. The van der Waals surface area contributed by atoms with E-state index < -0.39 is 11.8 Å². The van der Waals surface area contributed by atoms with Gasteiger partial charge in [0.1, 0.15) is 0 Å². The number of rotatable bonds is 3. The van der Waals surface area contributed by atoms with Crippen LogP contribution in [0.25, 0.3) is 0 Å². The van der Waals surface area contributed by atoms with Gasteiger partial charge in [-0.05, 0) is 37.0 Å². The lowest BCUT2D eigenvalue weighted by molar-refractivity contribution is -0.144. The number of fused-ring (bicyclic) bond motifs is 1. The van der Waals surface area contributed by atoms with E-state index in [0.717, 1.165) is 29.7 Å². The van der Waals surface area contributed by atoms with Gasteiger partial charge in [-0.15, -0.1) is 0 Å².